The van der Waals surface area contributed by atoms with Crippen LogP contribution < -0.4 is 0 Å². The van der Waals surface area contributed by atoms with Crippen LogP contribution in [-0.4, -0.2) is 47.4 Å². The third-order valence-corrected chi connectivity index (χ3v) is 8.13. The summed E-state index contributed by atoms with van der Waals surface area (Å²) in [6.45, 7) is 1.88. The molecule has 198 valence electrons. The molecule has 39 heavy (non-hydrogen) atoms. The molecule has 3 aromatic rings. The molecule has 0 aliphatic carbocycles. The number of hydroxylamine groups is 2. The van der Waals surface area contributed by atoms with E-state index in [1.54, 1.807) is 0 Å². The van der Waals surface area contributed by atoms with Gasteiger partial charge in [-0.1, -0.05) is 91.0 Å². The predicted octanol–water partition coefficient (Wildman–Crippen LogP) is 4.53. The molecule has 0 N–H and O–H groups in total. The van der Waals surface area contributed by atoms with E-state index in [0.29, 0.717) is 44.0 Å². The monoisotopic (exact) mass is 521 g/mol. The van der Waals surface area contributed by atoms with E-state index in [2.05, 4.69) is 11.0 Å². The first-order valence-corrected chi connectivity index (χ1v) is 13.4. The lowest BCUT2D eigenvalue weighted by Gasteiger charge is -2.41. The minimum Gasteiger partial charge on any atom is -0.329 e. The molecule has 2 aliphatic heterocycles. The maximum Gasteiger partial charge on any atom is 0.343 e. The molecule has 7 heteroatoms. The van der Waals surface area contributed by atoms with E-state index in [-0.39, 0.29) is 12.8 Å². The molecule has 2 aliphatic rings. The molecule has 0 saturated carbocycles. The van der Waals surface area contributed by atoms with Crippen molar-refractivity contribution in [3.63, 3.8) is 0 Å². The van der Waals surface area contributed by atoms with Crippen molar-refractivity contribution in [3.8, 4) is 6.07 Å². The van der Waals surface area contributed by atoms with Crippen molar-refractivity contribution in [1.82, 2.24) is 9.96 Å². The predicted molar refractivity (Wildman–Crippen MR) is 145 cm³/mol. The first kappa shape index (κ1) is 26.3. The van der Waals surface area contributed by atoms with E-state index < -0.39 is 28.6 Å². The quantitative estimate of drug-likeness (QED) is 0.405. The first-order chi connectivity index (χ1) is 19.0. The second-order valence-corrected chi connectivity index (χ2v) is 10.2. The van der Waals surface area contributed by atoms with Crippen LogP contribution in [0.25, 0.3) is 0 Å². The lowest BCUT2D eigenvalue weighted by Crippen LogP contribution is -2.50. The van der Waals surface area contributed by atoms with E-state index in [1.165, 1.54) is 0 Å². The Labute approximate surface area is 228 Å². The molecule has 2 saturated heterocycles. The molecule has 2 amide bonds. The summed E-state index contributed by atoms with van der Waals surface area (Å²) in [5.41, 5.74) is 0.960. The first-order valence-electron chi connectivity index (χ1n) is 13.4. The van der Waals surface area contributed by atoms with Crippen molar-refractivity contribution in [1.29, 1.82) is 5.26 Å². The number of benzene rings is 3. The average Bonchev–Trinajstić information content (AvgIpc) is 3.31. The number of rotatable bonds is 8. The smallest absolute Gasteiger partial charge is 0.329 e. The molecule has 0 aromatic heterocycles. The number of nitriles is 1. The standard InChI is InChI=1S/C32H31N3O4/c33-24-32(26-12-6-2-7-13-26,27-14-8-3-9-15-27)20-23-34-21-18-31(19-22-34,25-10-4-1-5-11-25)30(38)39-35-28(36)16-17-29(35)37/h1-15H,16-23H2. The summed E-state index contributed by atoms with van der Waals surface area (Å²) < 4.78 is 0. The number of carbonyl (C=O) groups is 3. The maximum absolute atomic E-state index is 13.6. The van der Waals surface area contributed by atoms with Crippen LogP contribution in [0.1, 0.15) is 48.8 Å². The van der Waals surface area contributed by atoms with Gasteiger partial charge >= 0.3 is 5.97 Å². The molecule has 7 nitrogen and oxygen atoms in total. The second kappa shape index (κ2) is 11.2. The fourth-order valence-corrected chi connectivity index (χ4v) is 5.77. The van der Waals surface area contributed by atoms with Crippen molar-refractivity contribution in [2.24, 2.45) is 0 Å². The number of carbonyl (C=O) groups excluding carboxylic acids is 3. The lowest BCUT2D eigenvalue weighted by atomic mass is 9.71. The maximum atomic E-state index is 13.6. The molecule has 5 rings (SSSR count). The van der Waals surface area contributed by atoms with Crippen LogP contribution in [0.2, 0.25) is 0 Å². The number of likely N-dealkylation sites (tertiary alicyclic amines) is 1. The molecule has 3 aromatic carbocycles. The van der Waals surface area contributed by atoms with Crippen LogP contribution >= 0.6 is 0 Å². The molecule has 0 bridgehead atoms. The third-order valence-electron chi connectivity index (χ3n) is 8.13. The Morgan fingerprint density at radius 2 is 1.31 bits per heavy atom. The Hall–Kier alpha value is -4.28. The Morgan fingerprint density at radius 1 is 0.821 bits per heavy atom. The van der Waals surface area contributed by atoms with E-state index >= 15 is 0 Å². The van der Waals surface area contributed by atoms with Gasteiger partial charge in [0.05, 0.1) is 11.5 Å². The number of hydrogen-bond acceptors (Lipinski definition) is 6. The van der Waals surface area contributed by atoms with Crippen LogP contribution in [0, 0.1) is 11.3 Å². The summed E-state index contributed by atoms with van der Waals surface area (Å²) in [6, 6.07) is 31.8. The van der Waals surface area contributed by atoms with Crippen molar-refractivity contribution >= 4 is 17.8 Å². The fourth-order valence-electron chi connectivity index (χ4n) is 5.77. The van der Waals surface area contributed by atoms with Gasteiger partial charge in [-0.05, 0) is 49.0 Å². The number of nitrogens with zero attached hydrogens (tertiary/aromatic N) is 3. The summed E-state index contributed by atoms with van der Waals surface area (Å²) in [4.78, 5) is 45.6. The summed E-state index contributed by atoms with van der Waals surface area (Å²) in [5, 5.41) is 11.1. The molecular weight excluding hydrogens is 490 g/mol. The molecule has 2 fully saturated rings. The summed E-state index contributed by atoms with van der Waals surface area (Å²) in [7, 11) is 0. The number of piperidine rings is 1. The van der Waals surface area contributed by atoms with Gasteiger partial charge in [0.15, 0.2) is 0 Å². The van der Waals surface area contributed by atoms with Crippen LogP contribution in [0.5, 0.6) is 0 Å². The van der Waals surface area contributed by atoms with Crippen molar-refractivity contribution < 1.29 is 19.2 Å². The highest BCUT2D eigenvalue weighted by Crippen LogP contribution is 2.39. The minimum absolute atomic E-state index is 0.0572. The van der Waals surface area contributed by atoms with Gasteiger partial charge < -0.3 is 9.74 Å². The molecule has 0 spiro atoms. The Balaban J connectivity index is 1.35. The van der Waals surface area contributed by atoms with Crippen LogP contribution in [-0.2, 0) is 30.1 Å². The van der Waals surface area contributed by atoms with E-state index in [1.807, 2.05) is 91.0 Å². The Morgan fingerprint density at radius 3 is 1.79 bits per heavy atom. The molecule has 0 radical (unpaired) electrons. The number of hydrogen-bond donors (Lipinski definition) is 0. The highest BCUT2D eigenvalue weighted by Gasteiger charge is 2.47. The van der Waals surface area contributed by atoms with Gasteiger partial charge in [-0.3, -0.25) is 9.59 Å². The van der Waals surface area contributed by atoms with Gasteiger partial charge in [0, 0.05) is 19.4 Å². The normalized spacial score (nSPS) is 17.6. The molecule has 2 heterocycles. The Kier molecular flexibility index (Phi) is 7.58. The topological polar surface area (TPSA) is 90.7 Å². The van der Waals surface area contributed by atoms with Crippen LogP contribution in [0.3, 0.4) is 0 Å². The fraction of sp³-hybridized carbons (Fsp3) is 0.312. The zero-order valence-corrected chi connectivity index (χ0v) is 21.8. The van der Waals surface area contributed by atoms with Gasteiger partial charge in [0.1, 0.15) is 5.41 Å². The van der Waals surface area contributed by atoms with Crippen LogP contribution in [0.15, 0.2) is 91.0 Å². The third kappa shape index (κ3) is 5.08. The summed E-state index contributed by atoms with van der Waals surface area (Å²) >= 11 is 0. The summed E-state index contributed by atoms with van der Waals surface area (Å²) in [5.74, 6) is -1.54. The van der Waals surface area contributed by atoms with Crippen molar-refractivity contribution in [3.05, 3.63) is 108 Å². The zero-order valence-electron chi connectivity index (χ0n) is 21.8. The molecular formula is C32H31N3O4. The van der Waals surface area contributed by atoms with E-state index in [4.69, 9.17) is 4.84 Å². The molecule has 0 unspecified atom stereocenters. The van der Waals surface area contributed by atoms with Gasteiger partial charge in [-0.2, -0.15) is 5.26 Å². The summed E-state index contributed by atoms with van der Waals surface area (Å²) in [6.07, 6.45) is 1.66. The zero-order chi connectivity index (χ0) is 27.3. The minimum atomic E-state index is -0.966. The highest BCUT2D eigenvalue weighted by molar-refractivity contribution is 6.02. The Bertz CT molecular complexity index is 1310. The van der Waals surface area contributed by atoms with Crippen molar-refractivity contribution in [2.75, 3.05) is 19.6 Å². The lowest BCUT2D eigenvalue weighted by molar-refractivity contribution is -0.203. The van der Waals surface area contributed by atoms with Gasteiger partial charge in [-0.25, -0.2) is 4.79 Å². The SMILES string of the molecule is N#CC(CCN1CCC(C(=O)ON2C(=O)CCC2=O)(c2ccccc2)CC1)(c1ccccc1)c1ccccc1. The van der Waals surface area contributed by atoms with E-state index in [9.17, 15) is 19.6 Å². The van der Waals surface area contributed by atoms with Gasteiger partial charge in [-0.15, -0.1) is 5.06 Å². The number of imide groups is 1. The molecule has 0 atom stereocenters. The van der Waals surface area contributed by atoms with Crippen LogP contribution in [0.4, 0.5) is 0 Å². The largest absolute Gasteiger partial charge is 0.343 e. The van der Waals surface area contributed by atoms with Gasteiger partial charge in [0.2, 0.25) is 0 Å². The van der Waals surface area contributed by atoms with E-state index in [0.717, 1.165) is 16.7 Å². The second-order valence-electron chi connectivity index (χ2n) is 10.2. The highest BCUT2D eigenvalue weighted by atomic mass is 16.7. The number of amides is 2. The van der Waals surface area contributed by atoms with Gasteiger partial charge in [0.25, 0.3) is 11.8 Å². The van der Waals surface area contributed by atoms with Crippen molar-refractivity contribution in [2.45, 2.75) is 42.9 Å². The average molecular weight is 522 g/mol.